The molecule has 0 aliphatic carbocycles. The van der Waals surface area contributed by atoms with Crippen LogP contribution in [0.5, 0.6) is 0 Å². The monoisotopic (exact) mass is 337 g/mol. The quantitative estimate of drug-likeness (QED) is 0.777. The summed E-state index contributed by atoms with van der Waals surface area (Å²) in [6.07, 6.45) is 3.86. The maximum absolute atomic E-state index is 12.2. The number of hydrogen-bond acceptors (Lipinski definition) is 4. The highest BCUT2D eigenvalue weighted by Gasteiger charge is 2.24. The fraction of sp³-hybridized carbons (Fsp3) is 0.647. The molecule has 0 aromatic carbocycles. The Morgan fingerprint density at radius 2 is 2.39 bits per heavy atom. The summed E-state index contributed by atoms with van der Waals surface area (Å²) in [5.74, 6) is 0.955. The van der Waals surface area contributed by atoms with E-state index in [2.05, 4.69) is 24.1 Å². The lowest BCUT2D eigenvalue weighted by atomic mass is 10.1. The average Bonchev–Trinajstić information content (AvgIpc) is 2.58. The van der Waals surface area contributed by atoms with Crippen molar-refractivity contribution in [2.75, 3.05) is 25.4 Å². The smallest absolute Gasteiger partial charge is 0.317 e. The molecule has 2 amide bonds. The van der Waals surface area contributed by atoms with Crippen molar-refractivity contribution in [1.82, 2.24) is 15.2 Å². The van der Waals surface area contributed by atoms with Crippen molar-refractivity contribution >= 4 is 17.8 Å². The molecule has 1 aromatic rings. The topological polar surface area (TPSA) is 54.5 Å². The van der Waals surface area contributed by atoms with Gasteiger partial charge in [0.15, 0.2) is 0 Å². The van der Waals surface area contributed by atoms with Crippen molar-refractivity contribution < 1.29 is 9.53 Å². The SMILES string of the molecule is CC(C)SCCNC(=O)N1CCC[C@@H](OCc2ccccn2)C1. The molecule has 6 heteroatoms. The Kier molecular flexibility index (Phi) is 7.68. The van der Waals surface area contributed by atoms with Crippen LogP contribution in [0.15, 0.2) is 24.4 Å². The Bertz CT molecular complexity index is 470. The van der Waals surface area contributed by atoms with Crippen molar-refractivity contribution in [3.8, 4) is 0 Å². The highest BCUT2D eigenvalue weighted by atomic mass is 32.2. The van der Waals surface area contributed by atoms with Crippen LogP contribution in [0.25, 0.3) is 0 Å². The summed E-state index contributed by atoms with van der Waals surface area (Å²) in [4.78, 5) is 18.3. The normalized spacial score (nSPS) is 18.2. The zero-order valence-electron chi connectivity index (χ0n) is 14.0. The van der Waals surface area contributed by atoms with Crippen molar-refractivity contribution in [2.45, 2.75) is 44.6 Å². The van der Waals surface area contributed by atoms with Gasteiger partial charge in [-0.25, -0.2) is 4.79 Å². The van der Waals surface area contributed by atoms with Crippen LogP contribution in [-0.2, 0) is 11.3 Å². The van der Waals surface area contributed by atoms with E-state index in [1.54, 1.807) is 6.20 Å². The molecule has 1 N–H and O–H groups in total. The summed E-state index contributed by atoms with van der Waals surface area (Å²) in [5, 5.41) is 3.60. The minimum absolute atomic E-state index is 0.0282. The van der Waals surface area contributed by atoms with Gasteiger partial charge in [0, 0.05) is 31.6 Å². The van der Waals surface area contributed by atoms with E-state index in [-0.39, 0.29) is 12.1 Å². The maximum Gasteiger partial charge on any atom is 0.317 e. The highest BCUT2D eigenvalue weighted by molar-refractivity contribution is 7.99. The van der Waals surface area contributed by atoms with Crippen LogP contribution in [0.4, 0.5) is 4.79 Å². The number of carbonyl (C=O) groups excluding carboxylic acids is 1. The Labute approximate surface area is 143 Å². The first-order chi connectivity index (χ1) is 11.1. The van der Waals surface area contributed by atoms with Gasteiger partial charge in [-0.15, -0.1) is 0 Å². The van der Waals surface area contributed by atoms with Gasteiger partial charge >= 0.3 is 6.03 Å². The van der Waals surface area contributed by atoms with E-state index in [9.17, 15) is 4.79 Å². The van der Waals surface area contributed by atoms with Gasteiger partial charge in [-0.1, -0.05) is 19.9 Å². The van der Waals surface area contributed by atoms with E-state index < -0.39 is 0 Å². The summed E-state index contributed by atoms with van der Waals surface area (Å²) in [6, 6.07) is 5.84. The third kappa shape index (κ3) is 6.79. The first-order valence-electron chi connectivity index (χ1n) is 8.31. The predicted octanol–water partition coefficient (Wildman–Crippen LogP) is 2.91. The van der Waals surface area contributed by atoms with Crippen molar-refractivity contribution in [1.29, 1.82) is 0 Å². The van der Waals surface area contributed by atoms with Crippen LogP contribution in [0.3, 0.4) is 0 Å². The molecule has 1 aliphatic rings. The minimum atomic E-state index is 0.0282. The molecule has 2 rings (SSSR count). The molecular weight excluding hydrogens is 310 g/mol. The number of hydrogen-bond donors (Lipinski definition) is 1. The molecule has 128 valence electrons. The van der Waals surface area contributed by atoms with Crippen LogP contribution < -0.4 is 5.32 Å². The van der Waals surface area contributed by atoms with E-state index in [0.717, 1.165) is 37.4 Å². The number of amides is 2. The van der Waals surface area contributed by atoms with E-state index in [1.807, 2.05) is 34.9 Å². The number of nitrogens with one attached hydrogen (secondary N) is 1. The standard InChI is InChI=1S/C17H27N3O2S/c1-14(2)23-11-9-19-17(21)20-10-5-7-16(12-20)22-13-15-6-3-4-8-18-15/h3-4,6,8,14,16H,5,7,9-13H2,1-2H3,(H,19,21)/t16-/m1/s1. The first-order valence-corrected chi connectivity index (χ1v) is 9.36. The van der Waals surface area contributed by atoms with Crippen molar-refractivity contribution in [3.63, 3.8) is 0 Å². The number of ether oxygens (including phenoxy) is 1. The fourth-order valence-electron chi connectivity index (χ4n) is 2.51. The van der Waals surface area contributed by atoms with Gasteiger partial charge in [0.05, 0.1) is 18.4 Å². The van der Waals surface area contributed by atoms with Crippen LogP contribution >= 0.6 is 11.8 Å². The van der Waals surface area contributed by atoms with Gasteiger partial charge in [-0.3, -0.25) is 4.98 Å². The van der Waals surface area contributed by atoms with Crippen LogP contribution in [0.1, 0.15) is 32.4 Å². The Balaban J connectivity index is 1.69. The first kappa shape index (κ1) is 18.1. The summed E-state index contributed by atoms with van der Waals surface area (Å²) < 4.78 is 5.92. The van der Waals surface area contributed by atoms with E-state index in [4.69, 9.17) is 4.74 Å². The van der Waals surface area contributed by atoms with Crippen LogP contribution in [0.2, 0.25) is 0 Å². The van der Waals surface area contributed by atoms with Crippen molar-refractivity contribution in [2.24, 2.45) is 0 Å². The summed E-state index contributed by atoms with van der Waals surface area (Å²) in [5.41, 5.74) is 0.930. The summed E-state index contributed by atoms with van der Waals surface area (Å²) in [7, 11) is 0. The molecule has 2 heterocycles. The van der Waals surface area contributed by atoms with E-state index in [1.165, 1.54) is 0 Å². The van der Waals surface area contributed by atoms with Crippen LogP contribution in [0, 0.1) is 0 Å². The highest BCUT2D eigenvalue weighted by Crippen LogP contribution is 2.15. The molecule has 1 aliphatic heterocycles. The van der Waals surface area contributed by atoms with E-state index in [0.29, 0.717) is 18.4 Å². The maximum atomic E-state index is 12.2. The molecule has 0 radical (unpaired) electrons. The predicted molar refractivity (Wildman–Crippen MR) is 94.6 cm³/mol. The van der Waals surface area contributed by atoms with Gasteiger partial charge in [-0.2, -0.15) is 11.8 Å². The molecule has 1 fully saturated rings. The van der Waals surface area contributed by atoms with Gasteiger partial charge in [-0.05, 0) is 30.2 Å². The van der Waals surface area contributed by atoms with Gasteiger partial charge in [0.25, 0.3) is 0 Å². The second kappa shape index (κ2) is 9.78. The Morgan fingerprint density at radius 3 is 3.13 bits per heavy atom. The lowest BCUT2D eigenvalue weighted by Crippen LogP contribution is -2.48. The van der Waals surface area contributed by atoms with Crippen LogP contribution in [-0.4, -0.2) is 52.7 Å². The van der Waals surface area contributed by atoms with Crippen molar-refractivity contribution in [3.05, 3.63) is 30.1 Å². The molecule has 0 spiro atoms. The molecule has 23 heavy (non-hydrogen) atoms. The molecule has 1 saturated heterocycles. The molecule has 1 atom stereocenters. The lowest BCUT2D eigenvalue weighted by molar-refractivity contribution is -0.00159. The number of nitrogens with zero attached hydrogens (tertiary/aromatic N) is 2. The third-order valence-corrected chi connectivity index (χ3v) is 4.79. The second-order valence-electron chi connectivity index (χ2n) is 5.99. The number of likely N-dealkylation sites (tertiary alicyclic amines) is 1. The van der Waals surface area contributed by atoms with Gasteiger partial charge in [0.1, 0.15) is 0 Å². The zero-order valence-corrected chi connectivity index (χ0v) is 14.8. The second-order valence-corrected chi connectivity index (χ2v) is 7.68. The molecule has 1 aromatic heterocycles. The van der Waals surface area contributed by atoms with E-state index >= 15 is 0 Å². The number of pyridine rings is 1. The minimum Gasteiger partial charge on any atom is -0.370 e. The largest absolute Gasteiger partial charge is 0.370 e. The lowest BCUT2D eigenvalue weighted by Gasteiger charge is -2.32. The Morgan fingerprint density at radius 1 is 1.52 bits per heavy atom. The third-order valence-electron chi connectivity index (χ3n) is 3.69. The summed E-state index contributed by atoms with van der Waals surface area (Å²) >= 11 is 1.86. The Hall–Kier alpha value is -1.27. The number of piperidine rings is 1. The number of aromatic nitrogens is 1. The molecule has 5 nitrogen and oxygen atoms in total. The molecule has 0 bridgehead atoms. The molecule has 0 saturated carbocycles. The number of rotatable bonds is 7. The fourth-order valence-corrected chi connectivity index (χ4v) is 3.20. The molecule has 0 unspecified atom stereocenters. The summed E-state index contributed by atoms with van der Waals surface area (Å²) in [6.45, 7) is 7.04. The van der Waals surface area contributed by atoms with Gasteiger partial charge in [0.2, 0.25) is 0 Å². The zero-order chi connectivity index (χ0) is 16.5. The molecular formula is C17H27N3O2S. The number of urea groups is 1. The number of thioether (sulfide) groups is 1. The van der Waals surface area contributed by atoms with Gasteiger partial charge < -0.3 is 15.0 Å². The average molecular weight is 337 g/mol. The number of carbonyl (C=O) groups is 1.